The Bertz CT molecular complexity index is 740. The minimum absolute atomic E-state index is 0.0120. The maximum Gasteiger partial charge on any atom is 0.416 e. The molecular formula is C23H32F4N2O2. The van der Waals surface area contributed by atoms with Crippen LogP contribution < -0.4 is 10.6 Å². The Kier molecular flexibility index (Phi) is 7.97. The van der Waals surface area contributed by atoms with E-state index in [9.17, 15) is 22.4 Å². The highest BCUT2D eigenvalue weighted by atomic mass is 19.4. The van der Waals surface area contributed by atoms with E-state index >= 15 is 0 Å². The summed E-state index contributed by atoms with van der Waals surface area (Å²) in [7, 11) is 0. The molecule has 2 N–H and O–H groups in total. The van der Waals surface area contributed by atoms with Gasteiger partial charge < -0.3 is 15.4 Å². The molecule has 174 valence electrons. The molecule has 8 heteroatoms. The average molecular weight is 445 g/mol. The normalized spacial score (nSPS) is 24.0. The molecule has 31 heavy (non-hydrogen) atoms. The first kappa shape index (κ1) is 24.0. The predicted molar refractivity (Wildman–Crippen MR) is 110 cm³/mol. The molecule has 2 fully saturated rings. The standard InChI is InChI=1S/C23H32F4N2O2/c1-2-28-21(30)22(10-13-31-14-11-22)29-12-9-16-3-5-17(6-4-16)19-8-7-18(24)15-20(19)23(25,26)27/h7-8,15-17,29H,2-6,9-14H2,1H3,(H,28,30)/t16-,17+. The van der Waals surface area contributed by atoms with Crippen molar-refractivity contribution in [2.75, 3.05) is 26.3 Å². The Morgan fingerprint density at radius 2 is 1.84 bits per heavy atom. The zero-order valence-electron chi connectivity index (χ0n) is 18.0. The molecule has 3 rings (SSSR count). The van der Waals surface area contributed by atoms with E-state index in [2.05, 4.69) is 10.6 Å². The Morgan fingerprint density at radius 3 is 2.45 bits per heavy atom. The molecule has 0 unspecified atom stereocenters. The molecule has 0 bridgehead atoms. The number of nitrogens with one attached hydrogen (secondary N) is 2. The average Bonchev–Trinajstić information content (AvgIpc) is 2.74. The summed E-state index contributed by atoms with van der Waals surface area (Å²) < 4.78 is 58.8. The van der Waals surface area contributed by atoms with Gasteiger partial charge in [-0.1, -0.05) is 6.07 Å². The number of carbonyl (C=O) groups is 1. The molecule has 1 saturated heterocycles. The summed E-state index contributed by atoms with van der Waals surface area (Å²) in [6, 6.07) is 3.03. The van der Waals surface area contributed by atoms with Gasteiger partial charge in [0.15, 0.2) is 0 Å². The zero-order chi connectivity index (χ0) is 22.5. The molecule has 4 nitrogen and oxygen atoms in total. The van der Waals surface area contributed by atoms with Gasteiger partial charge in [0.05, 0.1) is 5.56 Å². The van der Waals surface area contributed by atoms with Gasteiger partial charge in [-0.3, -0.25) is 4.79 Å². The molecule has 0 atom stereocenters. The number of amides is 1. The topological polar surface area (TPSA) is 50.4 Å². The molecule has 0 spiro atoms. The van der Waals surface area contributed by atoms with Crippen molar-refractivity contribution in [3.63, 3.8) is 0 Å². The van der Waals surface area contributed by atoms with Crippen LogP contribution >= 0.6 is 0 Å². The fourth-order valence-electron chi connectivity index (χ4n) is 4.94. The summed E-state index contributed by atoms with van der Waals surface area (Å²) in [5, 5.41) is 6.38. The lowest BCUT2D eigenvalue weighted by Gasteiger charge is -2.37. The predicted octanol–water partition coefficient (Wildman–Crippen LogP) is 4.78. The van der Waals surface area contributed by atoms with E-state index in [-0.39, 0.29) is 17.4 Å². The van der Waals surface area contributed by atoms with Crippen molar-refractivity contribution < 1.29 is 27.1 Å². The van der Waals surface area contributed by atoms with E-state index in [1.807, 2.05) is 6.92 Å². The van der Waals surface area contributed by atoms with Crippen molar-refractivity contribution in [2.45, 2.75) is 69.5 Å². The van der Waals surface area contributed by atoms with Gasteiger partial charge in [0.25, 0.3) is 0 Å². The van der Waals surface area contributed by atoms with Crippen molar-refractivity contribution in [1.29, 1.82) is 0 Å². The number of ether oxygens (including phenoxy) is 1. The second kappa shape index (κ2) is 10.3. The van der Waals surface area contributed by atoms with E-state index < -0.39 is 23.1 Å². The van der Waals surface area contributed by atoms with Gasteiger partial charge in [-0.2, -0.15) is 13.2 Å². The first-order valence-electron chi connectivity index (χ1n) is 11.2. The van der Waals surface area contributed by atoms with Crippen LogP contribution in [0, 0.1) is 11.7 Å². The van der Waals surface area contributed by atoms with Crippen molar-refractivity contribution in [3.8, 4) is 0 Å². The maximum absolute atomic E-state index is 13.4. The van der Waals surface area contributed by atoms with Crippen molar-refractivity contribution >= 4 is 5.91 Å². The van der Waals surface area contributed by atoms with Crippen LogP contribution in [0.4, 0.5) is 17.6 Å². The number of halogens is 4. The van der Waals surface area contributed by atoms with Crippen LogP contribution in [0.2, 0.25) is 0 Å². The quantitative estimate of drug-likeness (QED) is 0.595. The van der Waals surface area contributed by atoms with Crippen molar-refractivity contribution in [1.82, 2.24) is 10.6 Å². The van der Waals surface area contributed by atoms with Crippen LogP contribution in [0.3, 0.4) is 0 Å². The lowest BCUT2D eigenvalue weighted by molar-refractivity contribution is -0.138. The number of carbonyl (C=O) groups excluding carboxylic acids is 1. The van der Waals surface area contributed by atoms with Crippen LogP contribution in [0.25, 0.3) is 0 Å². The van der Waals surface area contributed by atoms with Gasteiger partial charge in [-0.25, -0.2) is 4.39 Å². The zero-order valence-corrected chi connectivity index (χ0v) is 18.0. The third kappa shape index (κ3) is 5.98. The number of hydrogen-bond acceptors (Lipinski definition) is 3. The smallest absolute Gasteiger partial charge is 0.381 e. The van der Waals surface area contributed by atoms with E-state index in [1.54, 1.807) is 0 Å². The first-order chi connectivity index (χ1) is 14.7. The Balaban J connectivity index is 1.53. The summed E-state index contributed by atoms with van der Waals surface area (Å²) in [4.78, 5) is 12.6. The van der Waals surface area contributed by atoms with E-state index in [0.29, 0.717) is 64.0 Å². The molecular weight excluding hydrogens is 412 g/mol. The molecule has 1 heterocycles. The van der Waals surface area contributed by atoms with E-state index in [4.69, 9.17) is 4.74 Å². The van der Waals surface area contributed by atoms with Crippen LogP contribution in [0.5, 0.6) is 0 Å². The molecule has 1 saturated carbocycles. The van der Waals surface area contributed by atoms with E-state index in [0.717, 1.165) is 25.3 Å². The first-order valence-corrected chi connectivity index (χ1v) is 11.2. The molecule has 0 aromatic heterocycles. The molecule has 0 radical (unpaired) electrons. The van der Waals surface area contributed by atoms with Gasteiger partial charge in [-0.05, 0) is 87.9 Å². The second-order valence-corrected chi connectivity index (χ2v) is 8.72. The summed E-state index contributed by atoms with van der Waals surface area (Å²) in [6.45, 7) is 4.27. The number of rotatable bonds is 7. The minimum Gasteiger partial charge on any atom is -0.381 e. The lowest BCUT2D eigenvalue weighted by Crippen LogP contribution is -2.60. The fraction of sp³-hybridized carbons (Fsp3) is 0.696. The second-order valence-electron chi connectivity index (χ2n) is 8.72. The van der Waals surface area contributed by atoms with Gasteiger partial charge in [-0.15, -0.1) is 0 Å². The SMILES string of the molecule is CCNC(=O)C1(NCC[C@H]2CC[C@@H](c3ccc(F)cc3C(F)(F)F)CC2)CCOCC1. The highest BCUT2D eigenvalue weighted by Crippen LogP contribution is 2.42. The van der Waals surface area contributed by atoms with Gasteiger partial charge in [0, 0.05) is 19.8 Å². The van der Waals surface area contributed by atoms with Gasteiger partial charge >= 0.3 is 6.18 Å². The van der Waals surface area contributed by atoms with Gasteiger partial charge in [0.1, 0.15) is 11.4 Å². The fourth-order valence-corrected chi connectivity index (χ4v) is 4.94. The Labute approximate surface area is 181 Å². The molecule has 1 aromatic rings. The molecule has 2 aliphatic rings. The highest BCUT2D eigenvalue weighted by Gasteiger charge is 2.40. The molecule has 1 amide bonds. The third-order valence-electron chi connectivity index (χ3n) is 6.74. The highest BCUT2D eigenvalue weighted by molar-refractivity contribution is 5.86. The number of hydrogen-bond donors (Lipinski definition) is 2. The summed E-state index contributed by atoms with van der Waals surface area (Å²) in [5.41, 5.74) is -1.23. The van der Waals surface area contributed by atoms with Crippen LogP contribution in [-0.4, -0.2) is 37.7 Å². The van der Waals surface area contributed by atoms with Crippen LogP contribution in [0.15, 0.2) is 18.2 Å². The number of benzene rings is 1. The lowest BCUT2D eigenvalue weighted by atomic mass is 9.76. The van der Waals surface area contributed by atoms with Gasteiger partial charge in [0.2, 0.25) is 5.91 Å². The Hall–Kier alpha value is -1.67. The molecule has 1 aliphatic heterocycles. The Morgan fingerprint density at radius 1 is 1.16 bits per heavy atom. The maximum atomic E-state index is 13.4. The third-order valence-corrected chi connectivity index (χ3v) is 6.74. The summed E-state index contributed by atoms with van der Waals surface area (Å²) in [5.74, 6) is -0.633. The minimum atomic E-state index is -4.55. The number of likely N-dealkylation sites (N-methyl/N-ethyl adjacent to an activating group) is 1. The summed E-state index contributed by atoms with van der Waals surface area (Å²) in [6.07, 6.45) is 0.590. The monoisotopic (exact) mass is 444 g/mol. The van der Waals surface area contributed by atoms with Crippen molar-refractivity contribution in [3.05, 3.63) is 35.1 Å². The van der Waals surface area contributed by atoms with Crippen LogP contribution in [0.1, 0.15) is 68.9 Å². The summed E-state index contributed by atoms with van der Waals surface area (Å²) >= 11 is 0. The van der Waals surface area contributed by atoms with E-state index in [1.165, 1.54) is 6.07 Å². The molecule has 1 aliphatic carbocycles. The van der Waals surface area contributed by atoms with Crippen LogP contribution in [-0.2, 0) is 15.7 Å². The van der Waals surface area contributed by atoms with Crippen molar-refractivity contribution in [2.24, 2.45) is 5.92 Å². The number of alkyl halides is 3. The largest absolute Gasteiger partial charge is 0.416 e. The molecule has 1 aromatic carbocycles.